The molecule has 1 aromatic rings. The van der Waals surface area contributed by atoms with E-state index in [1.165, 1.54) is 31.2 Å². The van der Waals surface area contributed by atoms with E-state index in [2.05, 4.69) is 11.9 Å². The maximum atomic E-state index is 6.28. The van der Waals surface area contributed by atoms with Crippen LogP contribution in [0.1, 0.15) is 37.7 Å². The summed E-state index contributed by atoms with van der Waals surface area (Å²) in [6.07, 6.45) is 8.27. The number of benzene rings is 1. The van der Waals surface area contributed by atoms with Crippen molar-refractivity contribution in [2.45, 2.75) is 55.2 Å². The molecule has 0 spiro atoms. The SMILES string of the molecule is C=Cc1c(OC2C[C@H]3CCC[C@@H](C2)N3)cccc1SN. The third kappa shape index (κ3) is 2.87. The van der Waals surface area contributed by atoms with Gasteiger partial charge < -0.3 is 10.1 Å². The van der Waals surface area contributed by atoms with Gasteiger partial charge in [0.2, 0.25) is 0 Å². The minimum Gasteiger partial charge on any atom is -0.490 e. The fourth-order valence-electron chi connectivity index (χ4n) is 3.42. The van der Waals surface area contributed by atoms with Crippen LogP contribution >= 0.6 is 11.9 Å². The molecule has 0 aromatic heterocycles. The normalized spacial score (nSPS) is 28.9. The van der Waals surface area contributed by atoms with Gasteiger partial charge in [-0.05, 0) is 49.8 Å². The number of ether oxygens (including phenoxy) is 1. The topological polar surface area (TPSA) is 47.3 Å². The second-order valence-electron chi connectivity index (χ2n) is 5.69. The Morgan fingerprint density at radius 1 is 1.30 bits per heavy atom. The van der Waals surface area contributed by atoms with Crippen molar-refractivity contribution in [3.8, 4) is 5.75 Å². The molecule has 3 N–H and O–H groups in total. The quantitative estimate of drug-likeness (QED) is 0.835. The van der Waals surface area contributed by atoms with Crippen molar-refractivity contribution in [1.29, 1.82) is 0 Å². The van der Waals surface area contributed by atoms with E-state index in [0.29, 0.717) is 18.2 Å². The van der Waals surface area contributed by atoms with E-state index in [4.69, 9.17) is 9.88 Å². The Morgan fingerprint density at radius 3 is 2.70 bits per heavy atom. The lowest BCUT2D eigenvalue weighted by Crippen LogP contribution is -2.51. The van der Waals surface area contributed by atoms with Crippen LogP contribution in [-0.4, -0.2) is 18.2 Å². The molecule has 2 bridgehead atoms. The molecule has 2 heterocycles. The second kappa shape index (κ2) is 6.20. The first-order valence-electron chi connectivity index (χ1n) is 7.35. The maximum absolute atomic E-state index is 6.28. The molecule has 0 aliphatic carbocycles. The molecule has 3 rings (SSSR count). The van der Waals surface area contributed by atoms with E-state index in [9.17, 15) is 0 Å². The van der Waals surface area contributed by atoms with Crippen LogP contribution in [0.4, 0.5) is 0 Å². The molecule has 2 aliphatic heterocycles. The van der Waals surface area contributed by atoms with E-state index in [-0.39, 0.29) is 0 Å². The highest BCUT2D eigenvalue weighted by Gasteiger charge is 2.32. The molecule has 0 saturated carbocycles. The zero-order valence-electron chi connectivity index (χ0n) is 11.7. The fourth-order valence-corrected chi connectivity index (χ4v) is 3.89. The molecule has 0 radical (unpaired) electrons. The summed E-state index contributed by atoms with van der Waals surface area (Å²) in [6, 6.07) is 7.29. The summed E-state index contributed by atoms with van der Waals surface area (Å²) in [5, 5.41) is 9.40. The standard InChI is InChI=1S/C16H22N2OS/c1-2-14-15(7-4-8-16(14)20-17)19-13-9-11-5-3-6-12(10-13)18-11/h2,4,7-8,11-13,18H,1,3,5-6,9-10,17H2/t11-,12+,13?. The smallest absolute Gasteiger partial charge is 0.128 e. The molecule has 2 aliphatic rings. The van der Waals surface area contributed by atoms with E-state index in [1.54, 1.807) is 0 Å². The number of rotatable bonds is 4. The van der Waals surface area contributed by atoms with Crippen molar-refractivity contribution in [2.24, 2.45) is 5.14 Å². The first-order valence-corrected chi connectivity index (χ1v) is 8.23. The molecule has 1 aromatic carbocycles. The molecule has 2 fully saturated rings. The van der Waals surface area contributed by atoms with Gasteiger partial charge in [-0.15, -0.1) is 0 Å². The van der Waals surface area contributed by atoms with Gasteiger partial charge in [-0.25, -0.2) is 0 Å². The largest absolute Gasteiger partial charge is 0.490 e. The summed E-state index contributed by atoms with van der Waals surface area (Å²) in [5.74, 6) is 0.917. The van der Waals surface area contributed by atoms with Crippen LogP contribution in [0.5, 0.6) is 5.75 Å². The third-order valence-electron chi connectivity index (χ3n) is 4.32. The predicted octanol–water partition coefficient (Wildman–Crippen LogP) is 3.35. The van der Waals surface area contributed by atoms with E-state index in [1.807, 2.05) is 24.3 Å². The monoisotopic (exact) mass is 290 g/mol. The summed E-state index contributed by atoms with van der Waals surface area (Å²) in [7, 11) is 0. The van der Waals surface area contributed by atoms with E-state index < -0.39 is 0 Å². The number of nitrogens with one attached hydrogen (secondary N) is 1. The van der Waals surface area contributed by atoms with Crippen LogP contribution in [0.3, 0.4) is 0 Å². The molecule has 4 heteroatoms. The van der Waals surface area contributed by atoms with Gasteiger partial charge in [0.1, 0.15) is 11.9 Å². The van der Waals surface area contributed by atoms with Crippen LogP contribution in [0.2, 0.25) is 0 Å². The van der Waals surface area contributed by atoms with Crippen molar-refractivity contribution in [1.82, 2.24) is 5.32 Å². The third-order valence-corrected chi connectivity index (χ3v) is 4.93. The van der Waals surface area contributed by atoms with Crippen molar-refractivity contribution in [3.05, 3.63) is 30.3 Å². The summed E-state index contributed by atoms with van der Waals surface area (Å²) >= 11 is 1.25. The molecule has 1 unspecified atom stereocenters. The molecule has 20 heavy (non-hydrogen) atoms. The molecular weight excluding hydrogens is 268 g/mol. The van der Waals surface area contributed by atoms with Crippen LogP contribution in [0.25, 0.3) is 6.08 Å². The van der Waals surface area contributed by atoms with Crippen LogP contribution in [0, 0.1) is 0 Å². The Balaban J connectivity index is 1.76. The van der Waals surface area contributed by atoms with Gasteiger partial charge in [0.15, 0.2) is 0 Å². The van der Waals surface area contributed by atoms with Gasteiger partial charge in [0.05, 0.1) is 0 Å². The first-order chi connectivity index (χ1) is 9.80. The predicted molar refractivity (Wildman–Crippen MR) is 84.8 cm³/mol. The highest BCUT2D eigenvalue weighted by Crippen LogP contribution is 2.33. The number of fused-ring (bicyclic) bond motifs is 2. The summed E-state index contributed by atoms with van der Waals surface area (Å²) in [6.45, 7) is 3.89. The molecule has 0 amide bonds. The maximum Gasteiger partial charge on any atom is 0.128 e. The zero-order valence-corrected chi connectivity index (χ0v) is 12.5. The number of nitrogens with two attached hydrogens (primary N) is 1. The first kappa shape index (κ1) is 14.0. The van der Waals surface area contributed by atoms with Gasteiger partial charge in [0, 0.05) is 22.5 Å². The van der Waals surface area contributed by atoms with E-state index >= 15 is 0 Å². The number of piperidine rings is 2. The van der Waals surface area contributed by atoms with Gasteiger partial charge in [-0.1, -0.05) is 25.1 Å². The molecule has 2 saturated heterocycles. The van der Waals surface area contributed by atoms with Crippen LogP contribution in [-0.2, 0) is 0 Å². The zero-order chi connectivity index (χ0) is 13.9. The Hall–Kier alpha value is -0.970. The Labute approximate surface area is 125 Å². The second-order valence-corrected chi connectivity index (χ2v) is 6.37. The molecule has 3 nitrogen and oxygen atoms in total. The van der Waals surface area contributed by atoms with Crippen LogP contribution < -0.4 is 15.2 Å². The number of hydrogen-bond acceptors (Lipinski definition) is 4. The van der Waals surface area contributed by atoms with Crippen molar-refractivity contribution in [3.63, 3.8) is 0 Å². The fraction of sp³-hybridized carbons (Fsp3) is 0.500. The van der Waals surface area contributed by atoms with Crippen molar-refractivity contribution >= 4 is 18.0 Å². The van der Waals surface area contributed by atoms with Gasteiger partial charge in [-0.3, -0.25) is 5.14 Å². The van der Waals surface area contributed by atoms with Gasteiger partial charge in [0.25, 0.3) is 0 Å². The highest BCUT2D eigenvalue weighted by atomic mass is 32.2. The molecule has 3 atom stereocenters. The average Bonchev–Trinajstić information content (AvgIpc) is 2.46. The van der Waals surface area contributed by atoms with Gasteiger partial charge >= 0.3 is 0 Å². The lowest BCUT2D eigenvalue weighted by molar-refractivity contribution is 0.0923. The lowest BCUT2D eigenvalue weighted by Gasteiger charge is -2.40. The summed E-state index contributed by atoms with van der Waals surface area (Å²) in [5.41, 5.74) is 1.02. The Morgan fingerprint density at radius 2 is 2.05 bits per heavy atom. The van der Waals surface area contributed by atoms with Gasteiger partial charge in [-0.2, -0.15) is 0 Å². The molecular formula is C16H22N2OS. The molecule has 108 valence electrons. The minimum absolute atomic E-state index is 0.309. The Kier molecular flexibility index (Phi) is 4.34. The Bertz CT molecular complexity index is 479. The average molecular weight is 290 g/mol. The lowest BCUT2D eigenvalue weighted by atomic mass is 9.85. The van der Waals surface area contributed by atoms with Crippen LogP contribution in [0.15, 0.2) is 29.7 Å². The van der Waals surface area contributed by atoms with Crippen molar-refractivity contribution < 1.29 is 4.74 Å². The van der Waals surface area contributed by atoms with Crippen molar-refractivity contribution in [2.75, 3.05) is 0 Å². The minimum atomic E-state index is 0.309. The highest BCUT2D eigenvalue weighted by molar-refractivity contribution is 7.97. The summed E-state index contributed by atoms with van der Waals surface area (Å²) < 4.78 is 6.28. The summed E-state index contributed by atoms with van der Waals surface area (Å²) in [4.78, 5) is 1.02. The van der Waals surface area contributed by atoms with E-state index in [0.717, 1.165) is 29.1 Å². The number of hydrogen-bond donors (Lipinski definition) is 2.